The molecule has 2 aromatic rings. The molecule has 0 amide bonds. The van der Waals surface area contributed by atoms with Gasteiger partial charge in [-0.1, -0.05) is 72.8 Å². The van der Waals surface area contributed by atoms with Crippen molar-refractivity contribution in [2.75, 3.05) is 0 Å². The molecule has 0 fully saturated rings. The third-order valence-electron chi connectivity index (χ3n) is 1.33. The van der Waals surface area contributed by atoms with Crippen molar-refractivity contribution in [3.05, 3.63) is 72.8 Å². The van der Waals surface area contributed by atoms with Crippen molar-refractivity contribution in [2.45, 2.75) is 0 Å². The van der Waals surface area contributed by atoms with Gasteiger partial charge in [0.2, 0.25) is 0 Å². The van der Waals surface area contributed by atoms with Crippen molar-refractivity contribution in [3.63, 3.8) is 0 Å². The van der Waals surface area contributed by atoms with Gasteiger partial charge in [0.05, 0.1) is 0 Å². The maximum absolute atomic E-state index is 8.36. The Hall–Kier alpha value is -2.09. The molecule has 2 nitrogen and oxygen atoms in total. The van der Waals surface area contributed by atoms with E-state index in [1.807, 2.05) is 72.8 Å². The van der Waals surface area contributed by atoms with Crippen LogP contribution in [0.15, 0.2) is 72.8 Å². The topological polar surface area (TPSA) is 37.3 Å². The molecule has 2 rings (SSSR count). The van der Waals surface area contributed by atoms with Crippen molar-refractivity contribution in [2.24, 2.45) is 0 Å². The zero-order valence-electron chi connectivity index (χ0n) is 8.36. The summed E-state index contributed by atoms with van der Waals surface area (Å²) in [5, 5.41) is 6.89. The highest BCUT2D eigenvalue weighted by Gasteiger charge is 1.58. The van der Waals surface area contributed by atoms with Gasteiger partial charge in [0.1, 0.15) is 0 Å². The van der Waals surface area contributed by atoms with Crippen LogP contribution in [-0.4, -0.2) is 11.6 Å². The van der Waals surface area contributed by atoms with E-state index in [4.69, 9.17) is 9.90 Å². The molecule has 0 saturated carbocycles. The first-order chi connectivity index (χ1) is 7.41. The van der Waals surface area contributed by atoms with Crippen LogP contribution in [0.3, 0.4) is 0 Å². The lowest BCUT2D eigenvalue weighted by atomic mass is 10.4. The van der Waals surface area contributed by atoms with Gasteiger partial charge in [0, 0.05) is 0 Å². The van der Waals surface area contributed by atoms with E-state index in [9.17, 15) is 0 Å². The summed E-state index contributed by atoms with van der Waals surface area (Å²) in [7, 11) is 0. The molecule has 0 bridgehead atoms. The number of hydrogen-bond acceptors (Lipinski definition) is 1. The van der Waals surface area contributed by atoms with Crippen molar-refractivity contribution in [1.29, 1.82) is 0 Å². The van der Waals surface area contributed by atoms with E-state index < -0.39 is 0 Å². The molecular formula is C13H14O2. The molecule has 0 heterocycles. The fourth-order valence-corrected chi connectivity index (χ4v) is 0.770. The molecule has 1 N–H and O–H groups in total. The van der Waals surface area contributed by atoms with Crippen molar-refractivity contribution >= 4 is 6.47 Å². The minimum absolute atomic E-state index is 0.250. The molecule has 0 aliphatic carbocycles. The molecule has 0 saturated heterocycles. The summed E-state index contributed by atoms with van der Waals surface area (Å²) >= 11 is 0. The Morgan fingerprint density at radius 1 is 0.533 bits per heavy atom. The lowest BCUT2D eigenvalue weighted by Crippen LogP contribution is -1.49. The van der Waals surface area contributed by atoms with Gasteiger partial charge in [-0.2, -0.15) is 0 Å². The van der Waals surface area contributed by atoms with Crippen LogP contribution in [-0.2, 0) is 4.79 Å². The molecule has 2 heteroatoms. The highest BCUT2D eigenvalue weighted by atomic mass is 16.3. The highest BCUT2D eigenvalue weighted by Crippen LogP contribution is 1.80. The fourth-order valence-electron chi connectivity index (χ4n) is 0.770. The van der Waals surface area contributed by atoms with E-state index in [1.165, 1.54) is 0 Å². The molecule has 15 heavy (non-hydrogen) atoms. The predicted octanol–water partition coefficient (Wildman–Crippen LogP) is 3.07. The maximum Gasteiger partial charge on any atom is 0.290 e. The maximum atomic E-state index is 8.36. The molecule has 78 valence electrons. The van der Waals surface area contributed by atoms with Gasteiger partial charge in [0.15, 0.2) is 0 Å². The normalized spacial score (nSPS) is 7.20. The predicted molar refractivity (Wildman–Crippen MR) is 61.6 cm³/mol. The summed E-state index contributed by atoms with van der Waals surface area (Å²) in [6.45, 7) is -0.250. The minimum atomic E-state index is -0.250. The Kier molecular flexibility index (Phi) is 10.3. The number of hydrogen-bond donors (Lipinski definition) is 1. The van der Waals surface area contributed by atoms with Crippen LogP contribution >= 0.6 is 0 Å². The van der Waals surface area contributed by atoms with Crippen LogP contribution in [0.2, 0.25) is 0 Å². The van der Waals surface area contributed by atoms with Crippen LogP contribution in [0.1, 0.15) is 0 Å². The minimum Gasteiger partial charge on any atom is -0.483 e. The van der Waals surface area contributed by atoms with Gasteiger partial charge in [-0.15, -0.1) is 0 Å². The number of carbonyl (C=O) groups is 1. The Morgan fingerprint density at radius 2 is 0.600 bits per heavy atom. The number of rotatable bonds is 0. The number of carboxylic acid groups (broad SMARTS) is 1. The van der Waals surface area contributed by atoms with Crippen molar-refractivity contribution in [3.8, 4) is 0 Å². The fraction of sp³-hybridized carbons (Fsp3) is 0. The molecule has 0 radical (unpaired) electrons. The molecule has 0 unspecified atom stereocenters. The molecule has 2 aromatic carbocycles. The lowest BCUT2D eigenvalue weighted by molar-refractivity contribution is -0.122. The van der Waals surface area contributed by atoms with E-state index in [0.717, 1.165) is 0 Å². The van der Waals surface area contributed by atoms with E-state index in [1.54, 1.807) is 0 Å². The first kappa shape index (κ1) is 12.9. The van der Waals surface area contributed by atoms with Gasteiger partial charge in [0.25, 0.3) is 6.47 Å². The third-order valence-corrected chi connectivity index (χ3v) is 1.33. The summed E-state index contributed by atoms with van der Waals surface area (Å²) in [6.07, 6.45) is 0. The lowest BCUT2D eigenvalue weighted by Gasteiger charge is -1.69. The zero-order chi connectivity index (χ0) is 11.2. The average molecular weight is 202 g/mol. The first-order valence-corrected chi connectivity index (χ1v) is 4.49. The quantitative estimate of drug-likeness (QED) is 0.666. The number of benzene rings is 2. The second-order valence-electron chi connectivity index (χ2n) is 2.41. The van der Waals surface area contributed by atoms with E-state index in [2.05, 4.69) is 0 Å². The summed E-state index contributed by atoms with van der Waals surface area (Å²) in [6, 6.07) is 24.0. The summed E-state index contributed by atoms with van der Waals surface area (Å²) in [4.78, 5) is 8.36. The molecule has 0 aromatic heterocycles. The highest BCUT2D eigenvalue weighted by molar-refractivity contribution is 5.32. The Morgan fingerprint density at radius 3 is 0.667 bits per heavy atom. The van der Waals surface area contributed by atoms with Crippen LogP contribution < -0.4 is 0 Å². The summed E-state index contributed by atoms with van der Waals surface area (Å²) < 4.78 is 0. The van der Waals surface area contributed by atoms with Gasteiger partial charge in [-0.3, -0.25) is 4.79 Å². The molecule has 0 aliphatic heterocycles. The Balaban J connectivity index is 0.000000210. The SMILES string of the molecule is O=CO.c1ccccc1.c1ccccc1. The van der Waals surface area contributed by atoms with Crippen molar-refractivity contribution < 1.29 is 9.90 Å². The standard InChI is InChI=1S/2C6H6.CH2O2/c2*1-2-4-6-5-3-1;2-1-3/h2*1-6H;1H,(H,2,3). The van der Waals surface area contributed by atoms with E-state index >= 15 is 0 Å². The second kappa shape index (κ2) is 11.9. The Labute approximate surface area is 89.8 Å². The molecular weight excluding hydrogens is 188 g/mol. The summed E-state index contributed by atoms with van der Waals surface area (Å²) in [5.74, 6) is 0. The van der Waals surface area contributed by atoms with Crippen LogP contribution in [0.5, 0.6) is 0 Å². The third kappa shape index (κ3) is 11.9. The smallest absolute Gasteiger partial charge is 0.290 e. The van der Waals surface area contributed by atoms with Crippen LogP contribution in [0.25, 0.3) is 0 Å². The first-order valence-electron chi connectivity index (χ1n) is 4.49. The molecule has 0 atom stereocenters. The second-order valence-corrected chi connectivity index (χ2v) is 2.41. The van der Waals surface area contributed by atoms with Crippen molar-refractivity contribution in [1.82, 2.24) is 0 Å². The van der Waals surface area contributed by atoms with E-state index in [0.29, 0.717) is 0 Å². The largest absolute Gasteiger partial charge is 0.483 e. The summed E-state index contributed by atoms with van der Waals surface area (Å²) in [5.41, 5.74) is 0. The zero-order valence-corrected chi connectivity index (χ0v) is 8.36. The van der Waals surface area contributed by atoms with E-state index in [-0.39, 0.29) is 6.47 Å². The van der Waals surface area contributed by atoms with Gasteiger partial charge < -0.3 is 5.11 Å². The van der Waals surface area contributed by atoms with Gasteiger partial charge in [-0.25, -0.2) is 0 Å². The van der Waals surface area contributed by atoms with Gasteiger partial charge in [-0.05, 0) is 0 Å². The molecule has 0 spiro atoms. The Bertz CT molecular complexity index is 221. The van der Waals surface area contributed by atoms with Crippen LogP contribution in [0, 0.1) is 0 Å². The van der Waals surface area contributed by atoms with Gasteiger partial charge >= 0.3 is 0 Å². The average Bonchev–Trinajstić information content (AvgIpc) is 2.35. The monoisotopic (exact) mass is 202 g/mol. The molecule has 0 aliphatic rings. The van der Waals surface area contributed by atoms with Crippen LogP contribution in [0.4, 0.5) is 0 Å².